The van der Waals surface area contributed by atoms with Gasteiger partial charge in [0.15, 0.2) is 0 Å². The molecule has 0 aliphatic carbocycles. The predicted octanol–water partition coefficient (Wildman–Crippen LogP) is 2.67. The maximum atomic E-state index is 12.9. The second-order valence-corrected chi connectivity index (χ2v) is 7.74. The molecule has 0 radical (unpaired) electrons. The fourth-order valence-electron chi connectivity index (χ4n) is 3.85. The van der Waals surface area contributed by atoms with Gasteiger partial charge < -0.3 is 19.3 Å². The van der Waals surface area contributed by atoms with E-state index in [1.807, 2.05) is 55.5 Å². The lowest BCUT2D eigenvalue weighted by Crippen LogP contribution is -2.50. The Morgan fingerprint density at radius 2 is 1.73 bits per heavy atom. The molecule has 1 aliphatic heterocycles. The van der Waals surface area contributed by atoms with Crippen LogP contribution in [0.5, 0.6) is 11.5 Å². The van der Waals surface area contributed by atoms with Gasteiger partial charge in [-0.15, -0.1) is 0 Å². The topological polar surface area (TPSA) is 76.9 Å². The molecule has 1 fully saturated rings. The standard InChI is InChI=1S/C25H28N4O4/c1-3-33-21-9-7-19(8-10-21)23-11-12-24(30)29(26-23)18-25(31)28-15-13-27(14-16-28)20-5-4-6-22(17-20)32-2/h4-12,17H,3,13-16,18H2,1-2H3. The number of benzene rings is 2. The Morgan fingerprint density at radius 3 is 2.42 bits per heavy atom. The number of hydrogen-bond donors (Lipinski definition) is 0. The first-order chi connectivity index (χ1) is 16.1. The van der Waals surface area contributed by atoms with Crippen LogP contribution in [0.25, 0.3) is 11.3 Å². The normalized spacial score (nSPS) is 13.6. The summed E-state index contributed by atoms with van der Waals surface area (Å²) in [6, 6.07) is 18.5. The van der Waals surface area contributed by atoms with Crippen LogP contribution in [0.2, 0.25) is 0 Å². The summed E-state index contributed by atoms with van der Waals surface area (Å²) in [7, 11) is 1.65. The number of aromatic nitrogens is 2. The van der Waals surface area contributed by atoms with Crippen molar-refractivity contribution in [2.45, 2.75) is 13.5 Å². The molecule has 0 N–H and O–H groups in total. The molecule has 1 aromatic heterocycles. The van der Waals surface area contributed by atoms with Gasteiger partial charge in [-0.2, -0.15) is 5.10 Å². The quantitative estimate of drug-likeness (QED) is 0.553. The Bertz CT molecular complexity index is 1150. The number of amides is 1. The molecule has 1 aliphatic rings. The summed E-state index contributed by atoms with van der Waals surface area (Å²) in [5.41, 5.74) is 2.26. The van der Waals surface area contributed by atoms with Gasteiger partial charge in [-0.05, 0) is 49.4 Å². The summed E-state index contributed by atoms with van der Waals surface area (Å²) >= 11 is 0. The monoisotopic (exact) mass is 448 g/mol. The molecule has 0 saturated carbocycles. The lowest BCUT2D eigenvalue weighted by Gasteiger charge is -2.36. The summed E-state index contributed by atoms with van der Waals surface area (Å²) in [4.78, 5) is 29.3. The lowest BCUT2D eigenvalue weighted by molar-refractivity contribution is -0.132. The third-order valence-electron chi connectivity index (χ3n) is 5.66. The van der Waals surface area contributed by atoms with Gasteiger partial charge in [-0.3, -0.25) is 9.59 Å². The summed E-state index contributed by atoms with van der Waals surface area (Å²) in [5.74, 6) is 1.47. The van der Waals surface area contributed by atoms with Gasteiger partial charge in [0, 0.05) is 49.6 Å². The van der Waals surface area contributed by atoms with E-state index in [2.05, 4.69) is 10.00 Å². The SMILES string of the molecule is CCOc1ccc(-c2ccc(=O)n(CC(=O)N3CCN(c4cccc(OC)c4)CC3)n2)cc1. The van der Waals surface area contributed by atoms with Crippen LogP contribution in [0.4, 0.5) is 5.69 Å². The first-order valence-electron chi connectivity index (χ1n) is 11.1. The second-order valence-electron chi connectivity index (χ2n) is 7.74. The number of hydrogen-bond acceptors (Lipinski definition) is 6. The van der Waals surface area contributed by atoms with Crippen LogP contribution in [-0.4, -0.2) is 60.5 Å². The Labute approximate surface area is 193 Å². The van der Waals surface area contributed by atoms with Crippen molar-refractivity contribution in [1.29, 1.82) is 0 Å². The van der Waals surface area contributed by atoms with Crippen LogP contribution in [0.3, 0.4) is 0 Å². The van der Waals surface area contributed by atoms with E-state index in [0.717, 1.165) is 22.7 Å². The third kappa shape index (κ3) is 5.34. The number of anilines is 1. The van der Waals surface area contributed by atoms with E-state index in [-0.39, 0.29) is 18.0 Å². The van der Waals surface area contributed by atoms with E-state index in [0.29, 0.717) is 38.5 Å². The molecule has 0 spiro atoms. The van der Waals surface area contributed by atoms with E-state index in [4.69, 9.17) is 9.47 Å². The number of methoxy groups -OCH3 is 1. The minimum absolute atomic E-state index is 0.0805. The molecule has 8 heteroatoms. The van der Waals surface area contributed by atoms with Crippen molar-refractivity contribution in [1.82, 2.24) is 14.7 Å². The molecule has 2 heterocycles. The number of rotatable bonds is 7. The Hall–Kier alpha value is -3.81. The predicted molar refractivity (Wildman–Crippen MR) is 127 cm³/mol. The maximum absolute atomic E-state index is 12.9. The van der Waals surface area contributed by atoms with Gasteiger partial charge in [0.05, 0.1) is 19.4 Å². The number of carbonyl (C=O) groups excluding carboxylic acids is 1. The Balaban J connectivity index is 1.40. The number of carbonyl (C=O) groups is 1. The van der Waals surface area contributed by atoms with E-state index in [1.165, 1.54) is 10.7 Å². The summed E-state index contributed by atoms with van der Waals surface area (Å²) in [5, 5.41) is 4.43. The molecular weight excluding hydrogens is 420 g/mol. The second kappa shape index (κ2) is 10.2. The average molecular weight is 449 g/mol. The molecule has 33 heavy (non-hydrogen) atoms. The van der Waals surface area contributed by atoms with Crippen LogP contribution >= 0.6 is 0 Å². The van der Waals surface area contributed by atoms with Gasteiger partial charge in [0.25, 0.3) is 5.56 Å². The first-order valence-corrected chi connectivity index (χ1v) is 11.1. The zero-order chi connectivity index (χ0) is 23.2. The van der Waals surface area contributed by atoms with Crippen LogP contribution in [-0.2, 0) is 11.3 Å². The Morgan fingerprint density at radius 1 is 0.970 bits per heavy atom. The molecule has 172 valence electrons. The zero-order valence-corrected chi connectivity index (χ0v) is 18.9. The molecule has 2 aromatic carbocycles. The van der Waals surface area contributed by atoms with Crippen molar-refractivity contribution < 1.29 is 14.3 Å². The highest BCUT2D eigenvalue weighted by Gasteiger charge is 2.22. The lowest BCUT2D eigenvalue weighted by atomic mass is 10.1. The third-order valence-corrected chi connectivity index (χ3v) is 5.66. The van der Waals surface area contributed by atoms with Gasteiger partial charge in [0.2, 0.25) is 5.91 Å². The molecule has 3 aromatic rings. The van der Waals surface area contributed by atoms with Gasteiger partial charge in [-0.25, -0.2) is 4.68 Å². The average Bonchev–Trinajstić information content (AvgIpc) is 2.86. The molecular formula is C25H28N4O4. The largest absolute Gasteiger partial charge is 0.497 e. The van der Waals surface area contributed by atoms with Crippen LogP contribution < -0.4 is 19.9 Å². The van der Waals surface area contributed by atoms with E-state index in [1.54, 1.807) is 18.1 Å². The van der Waals surface area contributed by atoms with Crippen LogP contribution in [0.1, 0.15) is 6.92 Å². The maximum Gasteiger partial charge on any atom is 0.267 e. The number of nitrogens with zero attached hydrogens (tertiary/aromatic N) is 4. The molecule has 0 bridgehead atoms. The van der Waals surface area contributed by atoms with Crippen LogP contribution in [0.15, 0.2) is 65.5 Å². The molecule has 4 rings (SSSR count). The van der Waals surface area contributed by atoms with Gasteiger partial charge in [-0.1, -0.05) is 6.07 Å². The van der Waals surface area contributed by atoms with E-state index in [9.17, 15) is 9.59 Å². The first kappa shape index (κ1) is 22.4. The summed E-state index contributed by atoms with van der Waals surface area (Å²) < 4.78 is 12.0. The highest BCUT2D eigenvalue weighted by molar-refractivity contribution is 5.76. The molecule has 8 nitrogen and oxygen atoms in total. The minimum Gasteiger partial charge on any atom is -0.497 e. The van der Waals surface area contributed by atoms with Crippen molar-refractivity contribution in [3.05, 3.63) is 71.0 Å². The fraction of sp³-hybridized carbons (Fsp3) is 0.320. The Kier molecular flexibility index (Phi) is 6.92. The molecule has 0 unspecified atom stereocenters. The van der Waals surface area contributed by atoms with E-state index < -0.39 is 0 Å². The highest BCUT2D eigenvalue weighted by atomic mass is 16.5. The van der Waals surface area contributed by atoms with Gasteiger partial charge >= 0.3 is 0 Å². The summed E-state index contributed by atoms with van der Waals surface area (Å²) in [6.45, 7) is 5.05. The van der Waals surface area contributed by atoms with Crippen molar-refractivity contribution >= 4 is 11.6 Å². The number of piperazine rings is 1. The van der Waals surface area contributed by atoms with Crippen molar-refractivity contribution in [3.63, 3.8) is 0 Å². The van der Waals surface area contributed by atoms with Crippen molar-refractivity contribution in [2.24, 2.45) is 0 Å². The van der Waals surface area contributed by atoms with Crippen LogP contribution in [0, 0.1) is 0 Å². The summed E-state index contributed by atoms with van der Waals surface area (Å²) in [6.07, 6.45) is 0. The van der Waals surface area contributed by atoms with E-state index >= 15 is 0 Å². The van der Waals surface area contributed by atoms with Crippen molar-refractivity contribution in [3.8, 4) is 22.8 Å². The fourth-order valence-corrected chi connectivity index (χ4v) is 3.85. The minimum atomic E-state index is -0.298. The molecule has 1 saturated heterocycles. The highest BCUT2D eigenvalue weighted by Crippen LogP contribution is 2.22. The van der Waals surface area contributed by atoms with Crippen molar-refractivity contribution in [2.75, 3.05) is 44.8 Å². The number of ether oxygens (including phenoxy) is 2. The molecule has 1 amide bonds. The van der Waals surface area contributed by atoms with Gasteiger partial charge in [0.1, 0.15) is 18.0 Å². The molecule has 0 atom stereocenters. The smallest absolute Gasteiger partial charge is 0.267 e. The zero-order valence-electron chi connectivity index (χ0n) is 18.9.